The van der Waals surface area contributed by atoms with Gasteiger partial charge in [-0.1, -0.05) is 5.16 Å². The highest BCUT2D eigenvalue weighted by atomic mass is 19.1. The van der Waals surface area contributed by atoms with Crippen LogP contribution < -0.4 is 5.32 Å². The van der Waals surface area contributed by atoms with Crippen molar-refractivity contribution in [1.82, 2.24) is 20.4 Å². The van der Waals surface area contributed by atoms with Crippen molar-refractivity contribution in [2.24, 2.45) is 5.92 Å². The number of aryl methyl sites for hydroxylation is 1. The zero-order valence-corrected chi connectivity index (χ0v) is 12.7. The van der Waals surface area contributed by atoms with Crippen LogP contribution in [0.15, 0.2) is 23.0 Å². The van der Waals surface area contributed by atoms with E-state index in [9.17, 15) is 9.18 Å². The van der Waals surface area contributed by atoms with Gasteiger partial charge in [0.2, 0.25) is 5.89 Å². The first-order valence-corrected chi connectivity index (χ1v) is 7.43. The van der Waals surface area contributed by atoms with Gasteiger partial charge < -0.3 is 14.6 Å². The molecule has 1 atom stereocenters. The van der Waals surface area contributed by atoms with E-state index in [0.29, 0.717) is 24.9 Å². The minimum absolute atomic E-state index is 0.0618. The van der Waals surface area contributed by atoms with Crippen LogP contribution in [0, 0.1) is 18.7 Å². The van der Waals surface area contributed by atoms with Crippen molar-refractivity contribution in [1.29, 1.82) is 0 Å². The Labute approximate surface area is 132 Å². The summed E-state index contributed by atoms with van der Waals surface area (Å²) in [6.45, 7) is 2.92. The molecular formula is C15H17FN4O3. The van der Waals surface area contributed by atoms with E-state index in [4.69, 9.17) is 9.26 Å². The van der Waals surface area contributed by atoms with Crippen LogP contribution >= 0.6 is 0 Å². The number of ether oxygens (including phenoxy) is 1. The predicted molar refractivity (Wildman–Crippen MR) is 77.0 cm³/mol. The molecule has 0 radical (unpaired) electrons. The minimum Gasteiger partial charge on any atom is -0.381 e. The van der Waals surface area contributed by atoms with Crippen LogP contribution in [0.3, 0.4) is 0 Å². The number of carbonyl (C=O) groups excluding carboxylic acids is 1. The molecule has 0 aromatic carbocycles. The molecule has 0 bridgehead atoms. The lowest BCUT2D eigenvalue weighted by Gasteiger charge is -2.28. The maximum Gasteiger partial charge on any atom is 0.255 e. The highest BCUT2D eigenvalue weighted by Crippen LogP contribution is 2.29. The molecule has 1 saturated heterocycles. The van der Waals surface area contributed by atoms with E-state index in [1.807, 2.05) is 0 Å². The van der Waals surface area contributed by atoms with Gasteiger partial charge in [0, 0.05) is 19.4 Å². The molecule has 2 aromatic heterocycles. The second-order valence-corrected chi connectivity index (χ2v) is 5.44. The van der Waals surface area contributed by atoms with E-state index in [1.54, 1.807) is 6.92 Å². The topological polar surface area (TPSA) is 90.1 Å². The number of hydrogen-bond donors (Lipinski definition) is 1. The quantitative estimate of drug-likeness (QED) is 0.924. The fraction of sp³-hybridized carbons (Fsp3) is 0.467. The Morgan fingerprint density at radius 3 is 2.87 bits per heavy atom. The Balaban J connectivity index is 1.83. The highest BCUT2D eigenvalue weighted by Gasteiger charge is 2.31. The van der Waals surface area contributed by atoms with Crippen molar-refractivity contribution in [3.8, 4) is 0 Å². The summed E-state index contributed by atoms with van der Waals surface area (Å²) in [5.74, 6) is -0.286. The van der Waals surface area contributed by atoms with Crippen molar-refractivity contribution in [3.05, 3.63) is 41.6 Å². The summed E-state index contributed by atoms with van der Waals surface area (Å²) in [4.78, 5) is 20.3. The van der Waals surface area contributed by atoms with Gasteiger partial charge in [-0.05, 0) is 31.7 Å². The third-order valence-electron chi connectivity index (χ3n) is 3.85. The number of halogens is 1. The number of nitrogens with one attached hydrogen (secondary N) is 1. The van der Waals surface area contributed by atoms with Gasteiger partial charge in [0.05, 0.1) is 11.8 Å². The molecule has 122 valence electrons. The third-order valence-corrected chi connectivity index (χ3v) is 3.85. The van der Waals surface area contributed by atoms with Gasteiger partial charge in [0.25, 0.3) is 5.91 Å². The Morgan fingerprint density at radius 2 is 2.22 bits per heavy atom. The molecule has 1 aliphatic rings. The van der Waals surface area contributed by atoms with Gasteiger partial charge in [-0.2, -0.15) is 4.98 Å². The van der Waals surface area contributed by atoms with Crippen LogP contribution in [0.25, 0.3) is 0 Å². The van der Waals surface area contributed by atoms with Gasteiger partial charge in [0.15, 0.2) is 11.6 Å². The molecule has 8 heteroatoms. The number of aromatic nitrogens is 3. The minimum atomic E-state index is -0.669. The molecule has 0 aliphatic carbocycles. The Kier molecular flexibility index (Phi) is 4.61. The van der Waals surface area contributed by atoms with Crippen LogP contribution in [-0.4, -0.2) is 34.2 Å². The van der Waals surface area contributed by atoms with E-state index >= 15 is 0 Å². The number of carbonyl (C=O) groups is 1. The number of rotatable bonds is 4. The fourth-order valence-electron chi connectivity index (χ4n) is 2.65. The van der Waals surface area contributed by atoms with Crippen LogP contribution in [0.5, 0.6) is 0 Å². The lowest BCUT2D eigenvalue weighted by Crippen LogP contribution is -2.36. The summed E-state index contributed by atoms with van der Waals surface area (Å²) in [6, 6.07) is 0.866. The molecule has 3 heterocycles. The number of pyridine rings is 1. The maximum absolute atomic E-state index is 13.7. The fourth-order valence-corrected chi connectivity index (χ4v) is 2.65. The molecule has 23 heavy (non-hydrogen) atoms. The average Bonchev–Trinajstić information content (AvgIpc) is 3.00. The normalized spacial score (nSPS) is 17.0. The molecule has 2 aromatic rings. The lowest BCUT2D eigenvalue weighted by molar-refractivity contribution is 0.0467. The monoisotopic (exact) mass is 320 g/mol. The molecular weight excluding hydrogens is 303 g/mol. The van der Waals surface area contributed by atoms with E-state index in [-0.39, 0.29) is 11.5 Å². The number of amides is 1. The molecule has 0 spiro atoms. The van der Waals surface area contributed by atoms with Gasteiger partial charge in [-0.15, -0.1) is 0 Å². The Bertz CT molecular complexity index is 685. The Hall–Kier alpha value is -2.35. The second kappa shape index (κ2) is 6.82. The van der Waals surface area contributed by atoms with Gasteiger partial charge in [-0.3, -0.25) is 9.78 Å². The van der Waals surface area contributed by atoms with E-state index in [1.165, 1.54) is 12.3 Å². The molecule has 1 N–H and O–H groups in total. The van der Waals surface area contributed by atoms with Crippen molar-refractivity contribution < 1.29 is 18.4 Å². The van der Waals surface area contributed by atoms with E-state index in [2.05, 4.69) is 20.4 Å². The summed E-state index contributed by atoms with van der Waals surface area (Å²) in [5.41, 5.74) is -0.0618. The zero-order valence-electron chi connectivity index (χ0n) is 12.7. The number of nitrogens with zero attached hydrogens (tertiary/aromatic N) is 3. The summed E-state index contributed by atoms with van der Waals surface area (Å²) in [7, 11) is 0. The molecule has 0 unspecified atom stereocenters. The predicted octanol–water partition coefficient (Wildman–Crippen LogP) is 1.81. The van der Waals surface area contributed by atoms with Crippen LogP contribution in [0.1, 0.15) is 41.0 Å². The number of hydrogen-bond acceptors (Lipinski definition) is 6. The highest BCUT2D eigenvalue weighted by molar-refractivity contribution is 5.94. The van der Waals surface area contributed by atoms with Crippen molar-refractivity contribution >= 4 is 5.91 Å². The first kappa shape index (κ1) is 15.5. The van der Waals surface area contributed by atoms with Gasteiger partial charge >= 0.3 is 0 Å². The van der Waals surface area contributed by atoms with Crippen LogP contribution in [-0.2, 0) is 4.74 Å². The van der Waals surface area contributed by atoms with Crippen molar-refractivity contribution in [3.63, 3.8) is 0 Å². The average molecular weight is 320 g/mol. The van der Waals surface area contributed by atoms with Crippen LogP contribution in [0.2, 0.25) is 0 Å². The molecule has 1 amide bonds. The summed E-state index contributed by atoms with van der Waals surface area (Å²) < 4.78 is 24.3. The Morgan fingerprint density at radius 1 is 1.43 bits per heavy atom. The van der Waals surface area contributed by atoms with E-state index in [0.717, 1.165) is 19.0 Å². The van der Waals surface area contributed by atoms with Gasteiger partial charge in [-0.25, -0.2) is 4.39 Å². The molecule has 7 nitrogen and oxygen atoms in total. The first-order valence-electron chi connectivity index (χ1n) is 7.43. The van der Waals surface area contributed by atoms with Crippen molar-refractivity contribution in [2.75, 3.05) is 13.2 Å². The SMILES string of the molecule is Cc1noc([C@@H](NC(=O)c2ccncc2F)C2CCOCC2)n1. The largest absolute Gasteiger partial charge is 0.381 e. The van der Waals surface area contributed by atoms with Crippen LogP contribution in [0.4, 0.5) is 4.39 Å². The molecule has 3 rings (SSSR count). The summed E-state index contributed by atoms with van der Waals surface area (Å²) in [5, 5.41) is 6.59. The van der Waals surface area contributed by atoms with E-state index < -0.39 is 17.8 Å². The first-order chi connectivity index (χ1) is 11.1. The molecule has 1 aliphatic heterocycles. The summed E-state index contributed by atoms with van der Waals surface area (Å²) >= 11 is 0. The standard InChI is InChI=1S/C15H17FN4O3/c1-9-18-15(23-20-9)13(10-3-6-22-7-4-10)19-14(21)11-2-5-17-8-12(11)16/h2,5,8,10,13H,3-4,6-7H2,1H3,(H,19,21)/t13-/m0/s1. The second-order valence-electron chi connectivity index (χ2n) is 5.44. The smallest absolute Gasteiger partial charge is 0.255 e. The molecule has 1 fully saturated rings. The lowest BCUT2D eigenvalue weighted by atomic mass is 9.91. The zero-order chi connectivity index (χ0) is 16.2. The summed E-state index contributed by atoms with van der Waals surface area (Å²) in [6.07, 6.45) is 3.89. The third kappa shape index (κ3) is 3.53. The van der Waals surface area contributed by atoms with Crippen molar-refractivity contribution in [2.45, 2.75) is 25.8 Å². The maximum atomic E-state index is 13.7. The molecule has 0 saturated carbocycles. The van der Waals surface area contributed by atoms with Gasteiger partial charge in [0.1, 0.15) is 6.04 Å².